The van der Waals surface area contributed by atoms with Crippen LogP contribution in [0.5, 0.6) is 0 Å². The number of carbonyl (C=O) groups excluding carboxylic acids is 1. The van der Waals surface area contributed by atoms with Crippen molar-refractivity contribution in [1.82, 2.24) is 9.78 Å². The molecular weight excluding hydrogens is 309 g/mol. The molecule has 2 aromatic carbocycles. The van der Waals surface area contributed by atoms with Gasteiger partial charge in [0.15, 0.2) is 5.82 Å². The fraction of sp³-hybridized carbons (Fsp3) is 0.111. The number of aliphatic hydroxyl groups is 1. The number of hydrogen-bond acceptors (Lipinski definition) is 3. The first-order valence-electron chi connectivity index (χ1n) is 7.46. The highest BCUT2D eigenvalue weighted by Crippen LogP contribution is 2.18. The van der Waals surface area contributed by atoms with Gasteiger partial charge >= 0.3 is 0 Å². The van der Waals surface area contributed by atoms with Crippen LogP contribution in [0.3, 0.4) is 0 Å². The van der Waals surface area contributed by atoms with E-state index in [1.807, 2.05) is 30.3 Å². The van der Waals surface area contributed by atoms with Gasteiger partial charge in [0.25, 0.3) is 0 Å². The zero-order chi connectivity index (χ0) is 16.9. The third-order valence-electron chi connectivity index (χ3n) is 3.49. The fourth-order valence-electron chi connectivity index (χ4n) is 2.32. The number of halogens is 1. The number of nitrogens with zero attached hydrogens (tertiary/aromatic N) is 2. The summed E-state index contributed by atoms with van der Waals surface area (Å²) in [5, 5.41) is 16.9. The van der Waals surface area contributed by atoms with Crippen LogP contribution in [0.2, 0.25) is 0 Å². The van der Waals surface area contributed by atoms with E-state index < -0.39 is 17.8 Å². The number of anilines is 1. The van der Waals surface area contributed by atoms with Crippen LogP contribution in [-0.2, 0) is 4.79 Å². The quantitative estimate of drug-likeness (QED) is 0.757. The molecule has 2 N–H and O–H groups in total. The van der Waals surface area contributed by atoms with Crippen LogP contribution < -0.4 is 5.32 Å². The molecule has 0 fully saturated rings. The molecule has 0 aliphatic heterocycles. The van der Waals surface area contributed by atoms with Gasteiger partial charge in [0.1, 0.15) is 5.82 Å². The van der Waals surface area contributed by atoms with Crippen LogP contribution in [-0.4, -0.2) is 20.8 Å². The van der Waals surface area contributed by atoms with Crippen molar-refractivity contribution in [2.75, 3.05) is 5.32 Å². The van der Waals surface area contributed by atoms with Crippen LogP contribution in [0.25, 0.3) is 5.69 Å². The Morgan fingerprint density at radius 3 is 2.71 bits per heavy atom. The minimum absolute atomic E-state index is 0.179. The second-order valence-electron chi connectivity index (χ2n) is 5.30. The van der Waals surface area contributed by atoms with Crippen molar-refractivity contribution in [3.8, 4) is 5.69 Å². The number of aromatic nitrogens is 2. The molecule has 0 bridgehead atoms. The first-order valence-corrected chi connectivity index (χ1v) is 7.46. The lowest BCUT2D eigenvalue weighted by Crippen LogP contribution is -2.16. The van der Waals surface area contributed by atoms with E-state index in [4.69, 9.17) is 0 Å². The Morgan fingerprint density at radius 2 is 1.96 bits per heavy atom. The molecule has 6 heteroatoms. The van der Waals surface area contributed by atoms with Crippen molar-refractivity contribution in [3.05, 3.63) is 78.2 Å². The average molecular weight is 325 g/mol. The molecule has 0 saturated heterocycles. The average Bonchev–Trinajstić information content (AvgIpc) is 3.04. The lowest BCUT2D eigenvalue weighted by Gasteiger charge is -2.10. The highest BCUT2D eigenvalue weighted by atomic mass is 19.1. The summed E-state index contributed by atoms with van der Waals surface area (Å²) in [6.07, 6.45) is 0.479. The summed E-state index contributed by atoms with van der Waals surface area (Å²) in [5.41, 5.74) is 1.23. The minimum Gasteiger partial charge on any atom is -0.388 e. The molecule has 0 saturated carbocycles. The van der Waals surface area contributed by atoms with Gasteiger partial charge in [0.2, 0.25) is 5.91 Å². The summed E-state index contributed by atoms with van der Waals surface area (Å²) in [4.78, 5) is 12.0. The van der Waals surface area contributed by atoms with Gasteiger partial charge in [-0.1, -0.05) is 30.3 Å². The molecule has 24 heavy (non-hydrogen) atoms. The number of hydrogen-bond donors (Lipinski definition) is 2. The van der Waals surface area contributed by atoms with Gasteiger partial charge in [0, 0.05) is 12.3 Å². The van der Waals surface area contributed by atoms with Gasteiger partial charge < -0.3 is 10.4 Å². The van der Waals surface area contributed by atoms with Gasteiger partial charge in [-0.25, -0.2) is 9.07 Å². The summed E-state index contributed by atoms with van der Waals surface area (Å²) < 4.78 is 14.8. The van der Waals surface area contributed by atoms with E-state index in [0.717, 1.165) is 5.69 Å². The molecule has 1 atom stereocenters. The van der Waals surface area contributed by atoms with Gasteiger partial charge in [-0.3, -0.25) is 4.79 Å². The van der Waals surface area contributed by atoms with Crippen LogP contribution in [0, 0.1) is 5.82 Å². The molecule has 0 aliphatic carbocycles. The molecule has 1 heterocycles. The Hall–Kier alpha value is -2.99. The van der Waals surface area contributed by atoms with Gasteiger partial charge in [-0.05, 0) is 29.8 Å². The van der Waals surface area contributed by atoms with Gasteiger partial charge in [-0.2, -0.15) is 5.10 Å². The summed E-state index contributed by atoms with van der Waals surface area (Å²) in [6.45, 7) is 0. The Labute approximate surface area is 138 Å². The lowest BCUT2D eigenvalue weighted by atomic mass is 10.1. The van der Waals surface area contributed by atoms with E-state index in [-0.39, 0.29) is 6.42 Å². The Kier molecular flexibility index (Phi) is 4.67. The molecule has 5 nitrogen and oxygen atoms in total. The van der Waals surface area contributed by atoms with E-state index in [1.165, 1.54) is 18.2 Å². The van der Waals surface area contributed by atoms with Crippen LogP contribution in [0.4, 0.5) is 10.2 Å². The maximum atomic E-state index is 13.2. The predicted molar refractivity (Wildman–Crippen MR) is 88.2 cm³/mol. The van der Waals surface area contributed by atoms with Crippen LogP contribution in [0.1, 0.15) is 18.1 Å². The SMILES string of the molecule is O=C(CC(O)c1cccc(F)c1)Nc1ccn(-c2ccccc2)n1. The van der Waals surface area contributed by atoms with Crippen LogP contribution in [0.15, 0.2) is 66.9 Å². The van der Waals surface area contributed by atoms with Crippen molar-refractivity contribution in [2.24, 2.45) is 0 Å². The van der Waals surface area contributed by atoms with Crippen molar-refractivity contribution in [3.63, 3.8) is 0 Å². The van der Waals surface area contributed by atoms with E-state index in [9.17, 15) is 14.3 Å². The van der Waals surface area contributed by atoms with E-state index in [1.54, 1.807) is 23.0 Å². The minimum atomic E-state index is -1.07. The highest BCUT2D eigenvalue weighted by molar-refractivity contribution is 5.90. The number of nitrogens with one attached hydrogen (secondary N) is 1. The molecule has 0 spiro atoms. The third-order valence-corrected chi connectivity index (χ3v) is 3.49. The fourth-order valence-corrected chi connectivity index (χ4v) is 2.32. The van der Waals surface area contributed by atoms with E-state index in [0.29, 0.717) is 11.4 Å². The summed E-state index contributed by atoms with van der Waals surface area (Å²) in [6, 6.07) is 16.7. The number of rotatable bonds is 5. The number of carbonyl (C=O) groups is 1. The molecule has 3 rings (SSSR count). The molecule has 1 amide bonds. The summed E-state index contributed by atoms with van der Waals surface area (Å²) >= 11 is 0. The van der Waals surface area contributed by atoms with Crippen molar-refractivity contribution >= 4 is 11.7 Å². The first kappa shape index (κ1) is 15.9. The third kappa shape index (κ3) is 3.85. The Balaban J connectivity index is 1.62. The maximum Gasteiger partial charge on any atom is 0.228 e. The van der Waals surface area contributed by atoms with Crippen molar-refractivity contribution < 1.29 is 14.3 Å². The predicted octanol–water partition coefficient (Wildman–Crippen LogP) is 3.07. The number of benzene rings is 2. The standard InChI is InChI=1S/C18H16FN3O2/c19-14-6-4-5-13(11-14)16(23)12-18(24)20-17-9-10-22(21-17)15-7-2-1-3-8-15/h1-11,16,23H,12H2,(H,20,21,24). The molecule has 122 valence electrons. The zero-order valence-electron chi connectivity index (χ0n) is 12.8. The first-order chi connectivity index (χ1) is 11.6. The number of para-hydroxylation sites is 1. The maximum absolute atomic E-state index is 13.2. The smallest absolute Gasteiger partial charge is 0.228 e. The van der Waals surface area contributed by atoms with Gasteiger partial charge in [0.05, 0.1) is 18.2 Å². The largest absolute Gasteiger partial charge is 0.388 e. The normalized spacial score (nSPS) is 11.9. The number of amides is 1. The topological polar surface area (TPSA) is 67.2 Å². The molecular formula is C18H16FN3O2. The van der Waals surface area contributed by atoms with Crippen LogP contribution >= 0.6 is 0 Å². The molecule has 0 aliphatic rings. The monoisotopic (exact) mass is 325 g/mol. The summed E-state index contributed by atoms with van der Waals surface area (Å²) in [5.74, 6) is -0.464. The zero-order valence-corrected chi connectivity index (χ0v) is 12.8. The molecule has 1 unspecified atom stereocenters. The van der Waals surface area contributed by atoms with Crippen molar-refractivity contribution in [2.45, 2.75) is 12.5 Å². The molecule has 3 aromatic rings. The molecule has 1 aromatic heterocycles. The molecule has 0 radical (unpaired) electrons. The highest BCUT2D eigenvalue weighted by Gasteiger charge is 2.14. The Bertz CT molecular complexity index is 833. The van der Waals surface area contributed by atoms with E-state index in [2.05, 4.69) is 10.4 Å². The van der Waals surface area contributed by atoms with Crippen molar-refractivity contribution in [1.29, 1.82) is 0 Å². The lowest BCUT2D eigenvalue weighted by molar-refractivity contribution is -0.118. The second-order valence-corrected chi connectivity index (χ2v) is 5.30. The van der Waals surface area contributed by atoms with E-state index >= 15 is 0 Å². The Morgan fingerprint density at radius 1 is 1.17 bits per heavy atom. The van der Waals surface area contributed by atoms with Gasteiger partial charge in [-0.15, -0.1) is 0 Å². The second kappa shape index (κ2) is 7.06. The summed E-state index contributed by atoms with van der Waals surface area (Å²) in [7, 11) is 0. The number of aliphatic hydroxyl groups excluding tert-OH is 1.